The molecule has 0 spiro atoms. The highest BCUT2D eigenvalue weighted by molar-refractivity contribution is 5.27. The van der Waals surface area contributed by atoms with Crippen LogP contribution in [0.15, 0.2) is 0 Å². The quantitative estimate of drug-likeness (QED) is 0.598. The molecule has 1 aliphatic heterocycles. The van der Waals surface area contributed by atoms with E-state index in [4.69, 9.17) is 9.47 Å². The van der Waals surface area contributed by atoms with Crippen molar-refractivity contribution in [1.82, 2.24) is 19.4 Å². The van der Waals surface area contributed by atoms with Crippen molar-refractivity contribution in [2.24, 2.45) is 0 Å². The maximum atomic E-state index is 5.08. The van der Waals surface area contributed by atoms with Gasteiger partial charge in [-0.1, -0.05) is 0 Å². The number of ether oxygens (including phenoxy) is 2. The Hall–Kier alpha value is -1.14. The van der Waals surface area contributed by atoms with E-state index >= 15 is 0 Å². The van der Waals surface area contributed by atoms with Crippen LogP contribution in [0.25, 0.3) is 0 Å². The zero-order chi connectivity index (χ0) is 12.3. The molecule has 0 N–H and O–H groups in total. The Morgan fingerprint density at radius 1 is 0.889 bits per heavy atom. The molecular formula is C11H19ClN4O2. The molecule has 0 bridgehead atoms. The van der Waals surface area contributed by atoms with E-state index in [0.717, 1.165) is 23.5 Å². The number of rotatable bonds is 3. The van der Waals surface area contributed by atoms with Gasteiger partial charge in [0, 0.05) is 0 Å². The van der Waals surface area contributed by atoms with Crippen molar-refractivity contribution < 1.29 is 21.9 Å². The minimum Gasteiger partial charge on any atom is -1.00 e. The summed E-state index contributed by atoms with van der Waals surface area (Å²) in [7, 11) is 5.25. The van der Waals surface area contributed by atoms with Gasteiger partial charge in [-0.3, -0.25) is 4.48 Å². The molecule has 18 heavy (non-hydrogen) atoms. The van der Waals surface area contributed by atoms with E-state index in [2.05, 4.69) is 22.0 Å². The van der Waals surface area contributed by atoms with Crippen molar-refractivity contribution in [2.75, 3.05) is 34.4 Å². The normalized spacial score (nSPS) is 17.7. The molecule has 2 heterocycles. The van der Waals surface area contributed by atoms with Gasteiger partial charge in [0.1, 0.15) is 0 Å². The Kier molecular flexibility index (Phi) is 5.10. The minimum absolute atomic E-state index is 0. The third-order valence-electron chi connectivity index (χ3n) is 3.23. The zero-order valence-electron chi connectivity index (χ0n) is 11.0. The fourth-order valence-electron chi connectivity index (χ4n) is 2.16. The van der Waals surface area contributed by atoms with Crippen molar-refractivity contribution in [1.29, 1.82) is 0 Å². The average Bonchev–Trinajstić information content (AvgIpc) is 2.39. The van der Waals surface area contributed by atoms with Crippen LogP contribution in [-0.4, -0.2) is 49.3 Å². The summed E-state index contributed by atoms with van der Waals surface area (Å²) in [5.41, 5.74) is 0. The van der Waals surface area contributed by atoms with Crippen LogP contribution in [-0.2, 0) is 0 Å². The standard InChI is InChI=1S/C11H19N4O2.ClH/c1-15(7-5-4-6-8-15)9-12-10(16-2)14-11(13-9)17-3;/h4-8H2,1-3H3;1H/q+1;/p-1. The molecule has 6 nitrogen and oxygen atoms in total. The highest BCUT2D eigenvalue weighted by Gasteiger charge is 2.32. The molecule has 0 aliphatic carbocycles. The topological polar surface area (TPSA) is 57.1 Å². The second kappa shape index (κ2) is 6.15. The van der Waals surface area contributed by atoms with Gasteiger partial charge in [-0.05, 0) is 19.3 Å². The first kappa shape index (κ1) is 14.9. The van der Waals surface area contributed by atoms with Gasteiger partial charge in [-0.25, -0.2) is 0 Å². The van der Waals surface area contributed by atoms with E-state index in [-0.39, 0.29) is 12.4 Å². The number of nitrogens with zero attached hydrogens (tertiary/aromatic N) is 4. The van der Waals surface area contributed by atoms with Gasteiger partial charge < -0.3 is 21.9 Å². The SMILES string of the molecule is COc1nc(OC)nc([N+]2(C)CCCCC2)n1.[Cl-]. The van der Waals surface area contributed by atoms with E-state index < -0.39 is 0 Å². The summed E-state index contributed by atoms with van der Waals surface area (Å²) in [6, 6.07) is 0.633. The van der Waals surface area contributed by atoms with Crippen LogP contribution in [0.3, 0.4) is 0 Å². The van der Waals surface area contributed by atoms with Gasteiger partial charge >= 0.3 is 18.0 Å². The summed E-state index contributed by atoms with van der Waals surface area (Å²) >= 11 is 0. The van der Waals surface area contributed by atoms with E-state index in [1.165, 1.54) is 19.3 Å². The van der Waals surface area contributed by atoms with Gasteiger partial charge in [-0.2, -0.15) is 0 Å². The smallest absolute Gasteiger partial charge is 0.338 e. The van der Waals surface area contributed by atoms with E-state index in [1.54, 1.807) is 14.2 Å². The predicted molar refractivity (Wildman–Crippen MR) is 64.2 cm³/mol. The summed E-state index contributed by atoms with van der Waals surface area (Å²) in [5.74, 6) is 0.730. The van der Waals surface area contributed by atoms with E-state index in [1.807, 2.05) is 0 Å². The number of likely N-dealkylation sites (tertiary alicyclic amines) is 1. The van der Waals surface area contributed by atoms with Gasteiger partial charge in [0.25, 0.3) is 0 Å². The molecule has 1 fully saturated rings. The van der Waals surface area contributed by atoms with Gasteiger partial charge in [0.05, 0.1) is 34.4 Å². The lowest BCUT2D eigenvalue weighted by atomic mass is 10.1. The molecule has 0 saturated carbocycles. The lowest BCUT2D eigenvalue weighted by Gasteiger charge is -2.34. The third-order valence-corrected chi connectivity index (χ3v) is 3.23. The van der Waals surface area contributed by atoms with Crippen molar-refractivity contribution >= 4 is 5.95 Å². The largest absolute Gasteiger partial charge is 1.00 e. The van der Waals surface area contributed by atoms with E-state index in [9.17, 15) is 0 Å². The molecule has 102 valence electrons. The second-order valence-electron chi connectivity index (χ2n) is 4.51. The highest BCUT2D eigenvalue weighted by Crippen LogP contribution is 2.25. The Balaban J connectivity index is 0.00000162. The van der Waals surface area contributed by atoms with Crippen molar-refractivity contribution in [3.63, 3.8) is 0 Å². The summed E-state index contributed by atoms with van der Waals surface area (Å²) in [5, 5.41) is 0. The van der Waals surface area contributed by atoms with Crippen LogP contribution in [0.1, 0.15) is 19.3 Å². The van der Waals surface area contributed by atoms with Crippen LogP contribution < -0.4 is 26.4 Å². The maximum Gasteiger partial charge on any atom is 0.338 e. The first-order valence-electron chi connectivity index (χ1n) is 5.87. The minimum atomic E-state index is 0. The number of methoxy groups -OCH3 is 2. The number of hydrogen-bond acceptors (Lipinski definition) is 5. The monoisotopic (exact) mass is 274 g/mol. The number of piperidine rings is 1. The van der Waals surface area contributed by atoms with Crippen molar-refractivity contribution in [3.8, 4) is 12.0 Å². The highest BCUT2D eigenvalue weighted by atomic mass is 35.5. The fourth-order valence-corrected chi connectivity index (χ4v) is 2.16. The number of hydrogen-bond donors (Lipinski definition) is 0. The summed E-state index contributed by atoms with van der Waals surface area (Å²) in [4.78, 5) is 12.7. The maximum absolute atomic E-state index is 5.08. The van der Waals surface area contributed by atoms with Crippen LogP contribution in [0, 0.1) is 0 Å². The van der Waals surface area contributed by atoms with Crippen LogP contribution in [0.2, 0.25) is 0 Å². The number of aromatic nitrogens is 3. The van der Waals surface area contributed by atoms with Gasteiger partial charge in [0.15, 0.2) is 0 Å². The molecule has 1 aromatic rings. The lowest BCUT2D eigenvalue weighted by molar-refractivity contribution is -0.00000494. The van der Waals surface area contributed by atoms with Crippen molar-refractivity contribution in [3.05, 3.63) is 0 Å². The van der Waals surface area contributed by atoms with Crippen LogP contribution in [0.4, 0.5) is 5.95 Å². The lowest BCUT2D eigenvalue weighted by Crippen LogP contribution is -3.00. The molecule has 1 aromatic heterocycles. The molecule has 0 atom stereocenters. The number of quaternary nitrogens is 1. The van der Waals surface area contributed by atoms with Crippen molar-refractivity contribution in [2.45, 2.75) is 19.3 Å². The average molecular weight is 275 g/mol. The zero-order valence-corrected chi connectivity index (χ0v) is 11.8. The molecule has 0 aromatic carbocycles. The molecule has 0 amide bonds. The van der Waals surface area contributed by atoms with Gasteiger partial charge in [-0.15, -0.1) is 15.0 Å². The summed E-state index contributed by atoms with van der Waals surface area (Å²) in [6.45, 7) is 2.10. The molecule has 1 aliphatic rings. The first-order chi connectivity index (χ1) is 8.18. The molecule has 1 saturated heterocycles. The Morgan fingerprint density at radius 3 is 1.83 bits per heavy atom. The Morgan fingerprint density at radius 2 is 1.39 bits per heavy atom. The Labute approximate surface area is 113 Å². The second-order valence-corrected chi connectivity index (χ2v) is 4.51. The first-order valence-corrected chi connectivity index (χ1v) is 5.87. The molecule has 0 unspecified atom stereocenters. The Bertz CT molecular complexity index is 374. The molecule has 0 radical (unpaired) electrons. The summed E-state index contributed by atoms with van der Waals surface area (Å²) in [6.07, 6.45) is 3.69. The van der Waals surface area contributed by atoms with Gasteiger partial charge in [0.2, 0.25) is 0 Å². The summed E-state index contributed by atoms with van der Waals surface area (Å²) < 4.78 is 10.9. The molecule has 7 heteroatoms. The predicted octanol–water partition coefficient (Wildman–Crippen LogP) is -1.99. The molecular weight excluding hydrogens is 256 g/mol. The fraction of sp³-hybridized carbons (Fsp3) is 0.727. The van der Waals surface area contributed by atoms with E-state index in [0.29, 0.717) is 12.0 Å². The van der Waals surface area contributed by atoms with Crippen LogP contribution in [0.5, 0.6) is 12.0 Å². The molecule has 2 rings (SSSR count). The third kappa shape index (κ3) is 3.00. The number of halogens is 1. The van der Waals surface area contributed by atoms with Crippen LogP contribution >= 0.6 is 0 Å².